The molecule has 0 radical (unpaired) electrons. The lowest BCUT2D eigenvalue weighted by molar-refractivity contribution is 0.395. The van der Waals surface area contributed by atoms with E-state index in [0.29, 0.717) is 0 Å². The molecule has 0 saturated carbocycles. The van der Waals surface area contributed by atoms with Crippen molar-refractivity contribution in [2.24, 2.45) is 0 Å². The maximum atomic E-state index is 5.63. The Morgan fingerprint density at radius 3 is 2.44 bits per heavy atom. The van der Waals surface area contributed by atoms with Crippen molar-refractivity contribution in [1.29, 1.82) is 0 Å². The molecule has 0 aliphatic rings. The molecule has 0 spiro atoms. The first-order valence-electron chi connectivity index (χ1n) is 5.88. The van der Waals surface area contributed by atoms with Gasteiger partial charge in [-0.25, -0.2) is 0 Å². The number of hydrogen-bond acceptors (Lipinski definition) is 3. The summed E-state index contributed by atoms with van der Waals surface area (Å²) in [5.41, 5.74) is 7.81. The fourth-order valence-electron chi connectivity index (χ4n) is 1.56. The summed E-state index contributed by atoms with van der Waals surface area (Å²) in [4.78, 5) is 2.21. The molecule has 90 valence electrons. The molecule has 0 atom stereocenters. The Balaban J connectivity index is 2.05. The standard InChI is InChI=1S/C13H23N3/c1-16(2)11-3-9-15-10-8-12-4-6-13(14)7-5-12/h4-7,15H,3,8-11,14H2,1-2H3. The zero-order valence-corrected chi connectivity index (χ0v) is 10.4. The van der Waals surface area contributed by atoms with E-state index in [1.807, 2.05) is 12.1 Å². The monoisotopic (exact) mass is 221 g/mol. The third kappa shape index (κ3) is 5.73. The summed E-state index contributed by atoms with van der Waals surface area (Å²) >= 11 is 0. The van der Waals surface area contributed by atoms with E-state index in [1.165, 1.54) is 12.0 Å². The van der Waals surface area contributed by atoms with Crippen LogP contribution in [0.2, 0.25) is 0 Å². The van der Waals surface area contributed by atoms with Gasteiger partial charge in [-0.3, -0.25) is 0 Å². The van der Waals surface area contributed by atoms with Crippen LogP contribution in [0.3, 0.4) is 0 Å². The van der Waals surface area contributed by atoms with Gasteiger partial charge in [0.25, 0.3) is 0 Å². The molecule has 1 aromatic rings. The van der Waals surface area contributed by atoms with Gasteiger partial charge in [-0.1, -0.05) is 12.1 Å². The summed E-state index contributed by atoms with van der Waals surface area (Å²) in [6.07, 6.45) is 2.27. The number of nitrogens with zero attached hydrogens (tertiary/aromatic N) is 1. The Morgan fingerprint density at radius 2 is 1.81 bits per heavy atom. The molecule has 0 unspecified atom stereocenters. The van der Waals surface area contributed by atoms with Gasteiger partial charge in [-0.15, -0.1) is 0 Å². The fraction of sp³-hybridized carbons (Fsp3) is 0.538. The second-order valence-corrected chi connectivity index (χ2v) is 4.40. The van der Waals surface area contributed by atoms with Crippen molar-refractivity contribution in [3.05, 3.63) is 29.8 Å². The van der Waals surface area contributed by atoms with Crippen LogP contribution >= 0.6 is 0 Å². The summed E-state index contributed by atoms with van der Waals surface area (Å²) in [6.45, 7) is 3.28. The predicted octanol–water partition coefficient (Wildman–Crippen LogP) is 1.35. The average Bonchev–Trinajstić information content (AvgIpc) is 2.25. The van der Waals surface area contributed by atoms with E-state index in [1.54, 1.807) is 0 Å². The molecule has 0 aliphatic heterocycles. The zero-order valence-electron chi connectivity index (χ0n) is 10.4. The Morgan fingerprint density at radius 1 is 1.12 bits per heavy atom. The maximum absolute atomic E-state index is 5.63. The SMILES string of the molecule is CN(C)CCCNCCc1ccc(N)cc1. The predicted molar refractivity (Wildman–Crippen MR) is 70.6 cm³/mol. The molecule has 1 aromatic carbocycles. The van der Waals surface area contributed by atoms with Gasteiger partial charge in [0.2, 0.25) is 0 Å². The third-order valence-corrected chi connectivity index (χ3v) is 2.53. The van der Waals surface area contributed by atoms with Gasteiger partial charge < -0.3 is 16.0 Å². The molecule has 0 amide bonds. The summed E-state index contributed by atoms with van der Waals surface area (Å²) in [5, 5.41) is 3.45. The smallest absolute Gasteiger partial charge is 0.0314 e. The highest BCUT2D eigenvalue weighted by Gasteiger charge is 1.93. The number of hydrogen-bond donors (Lipinski definition) is 2. The van der Waals surface area contributed by atoms with Crippen molar-refractivity contribution in [2.45, 2.75) is 12.8 Å². The van der Waals surface area contributed by atoms with Crippen molar-refractivity contribution in [2.75, 3.05) is 39.5 Å². The van der Waals surface area contributed by atoms with Crippen molar-refractivity contribution in [3.63, 3.8) is 0 Å². The first-order chi connectivity index (χ1) is 7.68. The largest absolute Gasteiger partial charge is 0.399 e. The fourth-order valence-corrected chi connectivity index (χ4v) is 1.56. The Kier molecular flexibility index (Phi) is 5.90. The van der Waals surface area contributed by atoms with Crippen molar-refractivity contribution >= 4 is 5.69 Å². The lowest BCUT2D eigenvalue weighted by atomic mass is 10.1. The van der Waals surface area contributed by atoms with Gasteiger partial charge in [-0.05, 0) is 64.3 Å². The van der Waals surface area contributed by atoms with Crippen LogP contribution in [-0.4, -0.2) is 38.6 Å². The number of benzene rings is 1. The molecule has 3 N–H and O–H groups in total. The Bertz CT molecular complexity index is 280. The van der Waals surface area contributed by atoms with Gasteiger partial charge in [0.1, 0.15) is 0 Å². The molecule has 0 saturated heterocycles. The maximum Gasteiger partial charge on any atom is 0.0314 e. The van der Waals surface area contributed by atoms with Gasteiger partial charge in [0.05, 0.1) is 0 Å². The lowest BCUT2D eigenvalue weighted by Gasteiger charge is -2.09. The van der Waals surface area contributed by atoms with Crippen LogP contribution in [0.4, 0.5) is 5.69 Å². The van der Waals surface area contributed by atoms with E-state index in [0.717, 1.165) is 31.7 Å². The summed E-state index contributed by atoms with van der Waals surface area (Å²) in [7, 11) is 4.21. The van der Waals surface area contributed by atoms with Crippen molar-refractivity contribution in [3.8, 4) is 0 Å². The van der Waals surface area contributed by atoms with Gasteiger partial charge in [-0.2, -0.15) is 0 Å². The minimum atomic E-state index is 0.836. The van der Waals surface area contributed by atoms with Crippen LogP contribution in [-0.2, 0) is 6.42 Å². The highest BCUT2D eigenvalue weighted by atomic mass is 15.0. The second-order valence-electron chi connectivity index (χ2n) is 4.40. The highest BCUT2D eigenvalue weighted by Crippen LogP contribution is 2.05. The molecular formula is C13H23N3. The first-order valence-corrected chi connectivity index (χ1v) is 5.88. The second kappa shape index (κ2) is 7.25. The number of nitrogen functional groups attached to an aromatic ring is 1. The summed E-state index contributed by atoms with van der Waals surface area (Å²) in [6, 6.07) is 8.11. The number of rotatable bonds is 7. The van der Waals surface area contributed by atoms with Crippen LogP contribution in [0, 0.1) is 0 Å². The van der Waals surface area contributed by atoms with Gasteiger partial charge >= 0.3 is 0 Å². The molecule has 3 heteroatoms. The van der Waals surface area contributed by atoms with Crippen LogP contribution in [0.5, 0.6) is 0 Å². The quantitative estimate of drug-likeness (QED) is 0.539. The van der Waals surface area contributed by atoms with Crippen molar-refractivity contribution in [1.82, 2.24) is 10.2 Å². The van der Waals surface area contributed by atoms with Crippen LogP contribution in [0.15, 0.2) is 24.3 Å². The number of nitrogens with one attached hydrogen (secondary N) is 1. The average molecular weight is 221 g/mol. The van der Waals surface area contributed by atoms with E-state index in [2.05, 4.69) is 36.4 Å². The lowest BCUT2D eigenvalue weighted by Crippen LogP contribution is -2.23. The van der Waals surface area contributed by atoms with Gasteiger partial charge in [0.15, 0.2) is 0 Å². The van der Waals surface area contributed by atoms with E-state index in [4.69, 9.17) is 5.73 Å². The third-order valence-electron chi connectivity index (χ3n) is 2.53. The number of nitrogens with two attached hydrogens (primary N) is 1. The van der Waals surface area contributed by atoms with E-state index in [9.17, 15) is 0 Å². The molecule has 0 fully saturated rings. The number of anilines is 1. The van der Waals surface area contributed by atoms with Crippen LogP contribution in [0.25, 0.3) is 0 Å². The normalized spacial score (nSPS) is 10.9. The molecule has 0 aliphatic carbocycles. The summed E-state index contributed by atoms with van der Waals surface area (Å²) < 4.78 is 0. The van der Waals surface area contributed by atoms with Crippen LogP contribution in [0.1, 0.15) is 12.0 Å². The molecule has 3 nitrogen and oxygen atoms in total. The van der Waals surface area contributed by atoms with E-state index < -0.39 is 0 Å². The first kappa shape index (κ1) is 13.0. The molecule has 0 aromatic heterocycles. The van der Waals surface area contributed by atoms with E-state index in [-0.39, 0.29) is 0 Å². The molecule has 0 bridgehead atoms. The molecule has 0 heterocycles. The topological polar surface area (TPSA) is 41.3 Å². The van der Waals surface area contributed by atoms with Gasteiger partial charge in [0, 0.05) is 5.69 Å². The van der Waals surface area contributed by atoms with Crippen LogP contribution < -0.4 is 11.1 Å². The molecule has 1 rings (SSSR count). The van der Waals surface area contributed by atoms with E-state index >= 15 is 0 Å². The highest BCUT2D eigenvalue weighted by molar-refractivity contribution is 5.39. The molecular weight excluding hydrogens is 198 g/mol. The minimum Gasteiger partial charge on any atom is -0.399 e. The molecule has 16 heavy (non-hydrogen) atoms. The summed E-state index contributed by atoms with van der Waals surface area (Å²) in [5.74, 6) is 0. The Labute approximate surface area is 98.6 Å². The Hall–Kier alpha value is -1.06. The minimum absolute atomic E-state index is 0.836. The zero-order chi connectivity index (χ0) is 11.8. The van der Waals surface area contributed by atoms with Crippen molar-refractivity contribution < 1.29 is 0 Å².